The van der Waals surface area contributed by atoms with Crippen LogP contribution in [0.25, 0.3) is 0 Å². The van der Waals surface area contributed by atoms with Gasteiger partial charge in [-0.25, -0.2) is 4.79 Å². The number of carboxylic acid groups (broad SMARTS) is 1. The summed E-state index contributed by atoms with van der Waals surface area (Å²) >= 11 is 4.78. The van der Waals surface area contributed by atoms with Gasteiger partial charge in [0.2, 0.25) is 11.8 Å². The predicted molar refractivity (Wildman–Crippen MR) is 262 cm³/mol. The van der Waals surface area contributed by atoms with Crippen molar-refractivity contribution in [1.82, 2.24) is 10.6 Å². The molecule has 0 spiro atoms. The molecular weight excluding hydrogens is 841 g/mol. The monoisotopic (exact) mass is 894 g/mol. The van der Waals surface area contributed by atoms with E-state index >= 15 is 0 Å². The topological polar surface area (TPSA) is 116 Å². The van der Waals surface area contributed by atoms with Gasteiger partial charge in [0, 0.05) is 5.75 Å². The van der Waals surface area contributed by atoms with Crippen LogP contribution in [0.2, 0.25) is 0 Å². The zero-order chi connectivity index (χ0) is 44.3. The largest absolute Gasteiger partial charge is 0.480 e. The number of benzene rings is 6. The third kappa shape index (κ3) is 12.1. The number of carbonyl (C=O) groups excluding carboxylic acids is 2. The highest BCUT2D eigenvalue weighted by molar-refractivity contribution is 8.01. The zero-order valence-corrected chi connectivity index (χ0v) is 37.7. The lowest BCUT2D eigenvalue weighted by Crippen LogP contribution is -2.53. The Kier molecular flexibility index (Phi) is 17.7. The molecule has 324 valence electrons. The number of amides is 2. The van der Waals surface area contributed by atoms with E-state index in [0.29, 0.717) is 12.2 Å². The van der Waals surface area contributed by atoms with Gasteiger partial charge >= 0.3 is 5.97 Å². The number of nitrogens with one attached hydrogen (secondary N) is 2. The van der Waals surface area contributed by atoms with Crippen LogP contribution in [0.3, 0.4) is 0 Å². The van der Waals surface area contributed by atoms with E-state index in [2.05, 4.69) is 83.4 Å². The van der Waals surface area contributed by atoms with Gasteiger partial charge in [0.15, 0.2) is 0 Å². The second kappa shape index (κ2) is 23.8. The van der Waals surface area contributed by atoms with Crippen LogP contribution in [-0.4, -0.2) is 69.7 Å². The van der Waals surface area contributed by atoms with Crippen LogP contribution < -0.4 is 10.6 Å². The standard InChI is InChI=1S/C53H54N2O5S3/c1-61-37-35-47(50(58)55-48(51(59)60)39-63-53(43-28-14-5-15-29-43,44-30-16-6-17-31-44)45-32-18-7-19-33-45)54-49(57)38-46(56)34-20-21-36-62-52(40-22-8-2-9-23-40,41-24-10-3-11-25-41)42-26-12-4-13-27-42/h2-20,22-34,46-48,56H,21,35-39H2,1H3,(H,54,57)(H,55,58)(H,59,60)/t46?,47-,48-/m1/s1. The van der Waals surface area contributed by atoms with Crippen molar-refractivity contribution >= 4 is 53.1 Å². The summed E-state index contributed by atoms with van der Waals surface area (Å²) in [5.41, 5.74) is 6.42. The third-order valence-corrected chi connectivity index (χ3v) is 14.6. The lowest BCUT2D eigenvalue weighted by Gasteiger charge is -2.36. The second-order valence-electron chi connectivity index (χ2n) is 15.0. The first-order chi connectivity index (χ1) is 30.8. The van der Waals surface area contributed by atoms with Gasteiger partial charge in [0.1, 0.15) is 12.1 Å². The Bertz CT molecular complexity index is 2140. The number of hydrogen-bond donors (Lipinski definition) is 4. The highest BCUT2D eigenvalue weighted by Gasteiger charge is 2.39. The minimum atomic E-state index is -1.26. The van der Waals surface area contributed by atoms with E-state index in [1.807, 2.05) is 133 Å². The minimum absolute atomic E-state index is 0.0356. The average molecular weight is 895 g/mol. The maximum Gasteiger partial charge on any atom is 0.327 e. The molecule has 10 heteroatoms. The van der Waals surface area contributed by atoms with Crippen LogP contribution >= 0.6 is 35.3 Å². The highest BCUT2D eigenvalue weighted by Crippen LogP contribution is 2.50. The SMILES string of the molecule is CSCC[C@@H](NC(=O)CC(O)C=CCCSC(c1ccccc1)(c1ccccc1)c1ccccc1)C(=O)N[C@H](CSC(c1ccccc1)(c1ccccc1)c1ccccc1)C(=O)O. The first-order valence-electron chi connectivity index (χ1n) is 21.0. The van der Waals surface area contributed by atoms with E-state index in [0.717, 1.165) is 22.4 Å². The van der Waals surface area contributed by atoms with Gasteiger partial charge in [-0.3, -0.25) is 9.59 Å². The number of aliphatic carboxylic acids is 1. The maximum atomic E-state index is 13.9. The molecule has 6 aromatic carbocycles. The molecule has 0 aromatic heterocycles. The summed E-state index contributed by atoms with van der Waals surface area (Å²) in [5, 5.41) is 26.9. The number of thioether (sulfide) groups is 3. The van der Waals surface area contributed by atoms with E-state index in [9.17, 15) is 24.6 Å². The van der Waals surface area contributed by atoms with E-state index < -0.39 is 45.5 Å². The molecule has 3 atom stereocenters. The summed E-state index contributed by atoms with van der Waals surface area (Å²) < 4.78 is -1.25. The normalized spacial score (nSPS) is 13.2. The van der Waals surface area contributed by atoms with Crippen LogP contribution in [0.1, 0.15) is 52.6 Å². The maximum absolute atomic E-state index is 13.9. The quantitative estimate of drug-likeness (QED) is 0.0286. The van der Waals surface area contributed by atoms with Crippen LogP contribution in [0, 0.1) is 0 Å². The third-order valence-electron chi connectivity index (χ3n) is 10.8. The molecule has 0 saturated heterocycles. The van der Waals surface area contributed by atoms with Gasteiger partial charge in [-0.15, -0.1) is 23.5 Å². The summed E-state index contributed by atoms with van der Waals surface area (Å²) in [6, 6.07) is 59.0. The summed E-state index contributed by atoms with van der Waals surface area (Å²) in [6.07, 6.45) is 5.03. The molecule has 2 amide bonds. The molecule has 0 fully saturated rings. The van der Waals surface area contributed by atoms with E-state index in [4.69, 9.17) is 0 Å². The van der Waals surface area contributed by atoms with Crippen molar-refractivity contribution < 1.29 is 24.6 Å². The lowest BCUT2D eigenvalue weighted by molar-refractivity contribution is -0.141. The fourth-order valence-electron chi connectivity index (χ4n) is 7.74. The van der Waals surface area contributed by atoms with Crippen LogP contribution in [0.15, 0.2) is 194 Å². The predicted octanol–water partition coefficient (Wildman–Crippen LogP) is 9.94. The highest BCUT2D eigenvalue weighted by atomic mass is 32.2. The first-order valence-corrected chi connectivity index (χ1v) is 24.4. The number of aliphatic hydroxyl groups is 1. The van der Waals surface area contributed by atoms with Gasteiger partial charge in [-0.2, -0.15) is 11.8 Å². The molecule has 0 radical (unpaired) electrons. The molecule has 7 nitrogen and oxygen atoms in total. The number of carboxylic acids is 1. The first kappa shape index (κ1) is 47.0. The Morgan fingerprint density at radius 3 is 1.30 bits per heavy atom. The Morgan fingerprint density at radius 2 is 0.937 bits per heavy atom. The van der Waals surface area contributed by atoms with Gasteiger partial charge in [0.25, 0.3) is 0 Å². The summed E-state index contributed by atoms with van der Waals surface area (Å²) in [5.74, 6) is -0.945. The van der Waals surface area contributed by atoms with Crippen LogP contribution in [0.5, 0.6) is 0 Å². The van der Waals surface area contributed by atoms with Gasteiger partial charge in [-0.05, 0) is 64.0 Å². The molecule has 0 heterocycles. The van der Waals surface area contributed by atoms with Gasteiger partial charge in [0.05, 0.1) is 22.0 Å². The number of hydrogen-bond acceptors (Lipinski definition) is 7. The average Bonchev–Trinajstić information content (AvgIpc) is 3.33. The van der Waals surface area contributed by atoms with E-state index in [1.165, 1.54) is 40.2 Å². The van der Waals surface area contributed by atoms with Crippen LogP contribution in [0.4, 0.5) is 0 Å². The fourth-order valence-corrected chi connectivity index (χ4v) is 11.2. The van der Waals surface area contributed by atoms with Crippen molar-refractivity contribution in [2.75, 3.05) is 23.5 Å². The molecule has 6 rings (SSSR count). The van der Waals surface area contributed by atoms with Crippen molar-refractivity contribution in [3.63, 3.8) is 0 Å². The Hall–Kier alpha value is -5.52. The van der Waals surface area contributed by atoms with Crippen molar-refractivity contribution in [3.05, 3.63) is 228 Å². The molecule has 0 saturated carbocycles. The van der Waals surface area contributed by atoms with Crippen LogP contribution in [-0.2, 0) is 23.9 Å². The van der Waals surface area contributed by atoms with Gasteiger partial charge < -0.3 is 20.8 Å². The number of allylic oxidation sites excluding steroid dienone is 1. The molecular formula is C53H54N2O5S3. The smallest absolute Gasteiger partial charge is 0.327 e. The Balaban J connectivity index is 1.10. The summed E-state index contributed by atoms with van der Waals surface area (Å²) in [7, 11) is 0. The molecule has 0 aliphatic rings. The minimum Gasteiger partial charge on any atom is -0.480 e. The molecule has 63 heavy (non-hydrogen) atoms. The number of aliphatic hydroxyl groups excluding tert-OH is 1. The van der Waals surface area contributed by atoms with Gasteiger partial charge in [-0.1, -0.05) is 194 Å². The second-order valence-corrected chi connectivity index (χ2v) is 18.5. The molecule has 1 unspecified atom stereocenters. The fraction of sp³-hybridized carbons (Fsp3) is 0.226. The molecule has 0 bridgehead atoms. The molecule has 6 aromatic rings. The van der Waals surface area contributed by atoms with E-state index in [1.54, 1.807) is 6.08 Å². The zero-order valence-electron chi connectivity index (χ0n) is 35.3. The lowest BCUT2D eigenvalue weighted by atomic mass is 9.84. The summed E-state index contributed by atoms with van der Waals surface area (Å²) in [6.45, 7) is 0. The number of carbonyl (C=O) groups is 3. The summed E-state index contributed by atoms with van der Waals surface area (Å²) in [4.78, 5) is 40.0. The van der Waals surface area contributed by atoms with E-state index in [-0.39, 0.29) is 18.6 Å². The molecule has 4 N–H and O–H groups in total. The molecule has 0 aliphatic carbocycles. The van der Waals surface area contributed by atoms with Crippen molar-refractivity contribution in [1.29, 1.82) is 0 Å². The van der Waals surface area contributed by atoms with Crippen molar-refractivity contribution in [3.8, 4) is 0 Å². The van der Waals surface area contributed by atoms with Crippen molar-refractivity contribution in [2.45, 2.75) is 46.9 Å². The Morgan fingerprint density at radius 1 is 0.556 bits per heavy atom. The number of rotatable bonds is 23. The Labute approximate surface area is 384 Å². The molecule has 0 aliphatic heterocycles. The van der Waals surface area contributed by atoms with Crippen molar-refractivity contribution in [2.24, 2.45) is 0 Å².